The Morgan fingerprint density at radius 3 is 2.32 bits per heavy atom. The summed E-state index contributed by atoms with van der Waals surface area (Å²) < 4.78 is 1.49. The van der Waals surface area contributed by atoms with Gasteiger partial charge in [-0.2, -0.15) is 5.10 Å². The number of carbonyl (C=O) groups is 3. The van der Waals surface area contributed by atoms with Crippen molar-refractivity contribution in [2.24, 2.45) is 13.0 Å². The molecule has 148 valence electrons. The number of carbonyl (C=O) groups excluding carboxylic acids is 3. The second kappa shape index (κ2) is 8.69. The minimum Gasteiger partial charge on any atom is -0.355 e. The molecule has 3 amide bonds. The van der Waals surface area contributed by atoms with Crippen molar-refractivity contribution in [3.05, 3.63) is 41.6 Å². The third kappa shape index (κ3) is 4.57. The molecule has 0 saturated heterocycles. The average molecular weight is 383 g/mol. The number of nitrogens with one attached hydrogen (secondary N) is 3. The van der Waals surface area contributed by atoms with E-state index in [4.69, 9.17) is 0 Å². The highest BCUT2D eigenvalue weighted by Crippen LogP contribution is 2.25. The highest BCUT2D eigenvalue weighted by atomic mass is 16.2. The molecule has 0 unspecified atom stereocenters. The average Bonchev–Trinajstić information content (AvgIpc) is 3.09. The maximum atomic E-state index is 12.5. The van der Waals surface area contributed by atoms with Crippen LogP contribution in [0.15, 0.2) is 30.3 Å². The fourth-order valence-corrected chi connectivity index (χ4v) is 3.33. The van der Waals surface area contributed by atoms with Crippen LogP contribution >= 0.6 is 0 Å². The van der Waals surface area contributed by atoms with Crippen molar-refractivity contribution < 1.29 is 14.4 Å². The molecule has 0 aliphatic heterocycles. The first kappa shape index (κ1) is 19.6. The van der Waals surface area contributed by atoms with Gasteiger partial charge in [-0.05, 0) is 37.1 Å². The number of rotatable bonds is 5. The molecule has 0 spiro atoms. The lowest BCUT2D eigenvalue weighted by Gasteiger charge is -2.20. The predicted molar refractivity (Wildman–Crippen MR) is 106 cm³/mol. The van der Waals surface area contributed by atoms with E-state index in [2.05, 4.69) is 21.0 Å². The van der Waals surface area contributed by atoms with Gasteiger partial charge in [0.1, 0.15) is 5.82 Å². The number of hydrogen-bond acceptors (Lipinski definition) is 4. The molecule has 0 bridgehead atoms. The Morgan fingerprint density at radius 1 is 1.00 bits per heavy atom. The lowest BCUT2D eigenvalue weighted by atomic mass is 9.89. The number of anilines is 2. The normalized spacial score (nSPS) is 14.4. The molecular formula is C20H25N5O3. The van der Waals surface area contributed by atoms with E-state index in [9.17, 15) is 14.4 Å². The molecule has 3 rings (SSSR count). The Hall–Kier alpha value is -3.16. The predicted octanol–water partition coefficient (Wildman–Crippen LogP) is 2.55. The lowest BCUT2D eigenvalue weighted by Crippen LogP contribution is -2.25. The Balaban J connectivity index is 1.63. The van der Waals surface area contributed by atoms with Crippen LogP contribution in [0.25, 0.3) is 0 Å². The summed E-state index contributed by atoms with van der Waals surface area (Å²) >= 11 is 0. The number of amides is 3. The Kier molecular flexibility index (Phi) is 6.08. The van der Waals surface area contributed by atoms with Gasteiger partial charge in [-0.3, -0.25) is 19.1 Å². The van der Waals surface area contributed by atoms with Crippen LogP contribution < -0.4 is 16.0 Å². The van der Waals surface area contributed by atoms with Crippen molar-refractivity contribution in [1.29, 1.82) is 0 Å². The molecular weight excluding hydrogens is 358 g/mol. The van der Waals surface area contributed by atoms with Crippen LogP contribution in [-0.2, 0) is 11.8 Å². The summed E-state index contributed by atoms with van der Waals surface area (Å²) in [6, 6.07) is 8.12. The molecule has 1 aliphatic carbocycles. The van der Waals surface area contributed by atoms with Gasteiger partial charge in [0.15, 0.2) is 5.69 Å². The van der Waals surface area contributed by atoms with E-state index in [1.807, 2.05) is 0 Å². The van der Waals surface area contributed by atoms with Crippen LogP contribution in [-0.4, -0.2) is 34.5 Å². The first-order valence-corrected chi connectivity index (χ1v) is 9.46. The van der Waals surface area contributed by atoms with Gasteiger partial charge < -0.3 is 16.0 Å². The molecule has 8 nitrogen and oxygen atoms in total. The van der Waals surface area contributed by atoms with Crippen molar-refractivity contribution in [2.45, 2.75) is 32.1 Å². The van der Waals surface area contributed by atoms with E-state index in [-0.39, 0.29) is 29.3 Å². The summed E-state index contributed by atoms with van der Waals surface area (Å²) in [7, 11) is 3.25. The molecule has 1 aromatic carbocycles. The van der Waals surface area contributed by atoms with E-state index < -0.39 is 0 Å². The van der Waals surface area contributed by atoms with Crippen molar-refractivity contribution >= 4 is 29.2 Å². The van der Waals surface area contributed by atoms with Crippen molar-refractivity contribution in [3.63, 3.8) is 0 Å². The minimum atomic E-state index is -0.388. The molecule has 2 aromatic rings. The SMILES string of the molecule is CNC(=O)c1ccc(NC(=O)c2cc(NC(=O)C3CCCCC3)n(C)n2)cc1. The molecule has 1 heterocycles. The topological polar surface area (TPSA) is 105 Å². The first-order valence-electron chi connectivity index (χ1n) is 9.46. The van der Waals surface area contributed by atoms with Gasteiger partial charge in [-0.25, -0.2) is 0 Å². The first-order chi connectivity index (χ1) is 13.5. The summed E-state index contributed by atoms with van der Waals surface area (Å²) in [4.78, 5) is 36.4. The number of benzene rings is 1. The van der Waals surface area contributed by atoms with Gasteiger partial charge in [0.2, 0.25) is 5.91 Å². The van der Waals surface area contributed by atoms with E-state index in [0.717, 1.165) is 25.7 Å². The number of aromatic nitrogens is 2. The smallest absolute Gasteiger partial charge is 0.276 e. The van der Waals surface area contributed by atoms with Gasteiger partial charge in [0.05, 0.1) is 0 Å². The fourth-order valence-electron chi connectivity index (χ4n) is 3.33. The zero-order chi connectivity index (χ0) is 20.1. The maximum Gasteiger partial charge on any atom is 0.276 e. The van der Waals surface area contributed by atoms with Crippen molar-refractivity contribution in [2.75, 3.05) is 17.7 Å². The van der Waals surface area contributed by atoms with Crippen LogP contribution in [0.4, 0.5) is 11.5 Å². The summed E-state index contributed by atoms with van der Waals surface area (Å²) in [5, 5.41) is 12.4. The van der Waals surface area contributed by atoms with Crippen LogP contribution in [0.2, 0.25) is 0 Å². The lowest BCUT2D eigenvalue weighted by molar-refractivity contribution is -0.120. The van der Waals surface area contributed by atoms with Crippen LogP contribution in [0.5, 0.6) is 0 Å². The number of aryl methyl sites for hydroxylation is 1. The number of nitrogens with zero attached hydrogens (tertiary/aromatic N) is 2. The fraction of sp³-hybridized carbons (Fsp3) is 0.400. The largest absolute Gasteiger partial charge is 0.355 e. The van der Waals surface area contributed by atoms with Gasteiger partial charge in [-0.15, -0.1) is 0 Å². The molecule has 1 aliphatic rings. The second-order valence-corrected chi connectivity index (χ2v) is 6.97. The molecule has 1 fully saturated rings. The Labute approximate surface area is 163 Å². The van der Waals surface area contributed by atoms with E-state index >= 15 is 0 Å². The molecule has 1 aromatic heterocycles. The number of hydrogen-bond donors (Lipinski definition) is 3. The monoisotopic (exact) mass is 383 g/mol. The quantitative estimate of drug-likeness (QED) is 0.738. The zero-order valence-electron chi connectivity index (χ0n) is 16.1. The second-order valence-electron chi connectivity index (χ2n) is 6.97. The Morgan fingerprint density at radius 2 is 1.68 bits per heavy atom. The summed E-state index contributed by atoms with van der Waals surface area (Å²) in [5.74, 6) is -0.0719. The Bertz CT molecular complexity index is 866. The van der Waals surface area contributed by atoms with E-state index in [1.165, 1.54) is 11.1 Å². The van der Waals surface area contributed by atoms with Crippen LogP contribution in [0.3, 0.4) is 0 Å². The summed E-state index contributed by atoms with van der Waals surface area (Å²) in [6.07, 6.45) is 5.15. The van der Waals surface area contributed by atoms with Crippen LogP contribution in [0.1, 0.15) is 53.0 Å². The molecule has 3 N–H and O–H groups in total. The molecule has 0 atom stereocenters. The van der Waals surface area contributed by atoms with E-state index in [1.54, 1.807) is 44.4 Å². The van der Waals surface area contributed by atoms with Gasteiger partial charge >= 0.3 is 0 Å². The highest BCUT2D eigenvalue weighted by molar-refractivity contribution is 6.04. The maximum absolute atomic E-state index is 12.5. The third-order valence-electron chi connectivity index (χ3n) is 4.97. The van der Waals surface area contributed by atoms with Gasteiger partial charge in [0, 0.05) is 37.3 Å². The molecule has 8 heteroatoms. The molecule has 28 heavy (non-hydrogen) atoms. The minimum absolute atomic E-state index is 0.0144. The highest BCUT2D eigenvalue weighted by Gasteiger charge is 2.23. The van der Waals surface area contributed by atoms with Gasteiger partial charge in [0.25, 0.3) is 11.8 Å². The zero-order valence-corrected chi connectivity index (χ0v) is 16.1. The summed E-state index contributed by atoms with van der Waals surface area (Å²) in [5.41, 5.74) is 1.26. The standard InChI is InChI=1S/C20H25N5O3/c1-21-18(26)14-8-10-15(11-9-14)22-20(28)16-12-17(25(2)24-16)23-19(27)13-6-4-3-5-7-13/h8-13H,3-7H2,1-2H3,(H,21,26)(H,22,28)(H,23,27). The van der Waals surface area contributed by atoms with Gasteiger partial charge in [-0.1, -0.05) is 19.3 Å². The summed E-state index contributed by atoms with van der Waals surface area (Å²) in [6.45, 7) is 0. The third-order valence-corrected chi connectivity index (χ3v) is 4.97. The molecule has 1 saturated carbocycles. The van der Waals surface area contributed by atoms with E-state index in [0.29, 0.717) is 17.1 Å². The van der Waals surface area contributed by atoms with Crippen molar-refractivity contribution in [3.8, 4) is 0 Å². The molecule has 0 radical (unpaired) electrons. The van der Waals surface area contributed by atoms with Crippen molar-refractivity contribution in [1.82, 2.24) is 15.1 Å². The van der Waals surface area contributed by atoms with Crippen LogP contribution in [0, 0.1) is 5.92 Å².